The molecule has 3 aromatic rings. The zero-order chi connectivity index (χ0) is 24.0. The number of halogens is 2. The second-order valence-corrected chi connectivity index (χ2v) is 9.02. The molecule has 0 unspecified atom stereocenters. The van der Waals surface area contributed by atoms with E-state index in [-0.39, 0.29) is 11.8 Å². The zero-order valence-electron chi connectivity index (χ0n) is 18.2. The molecule has 11 heteroatoms. The molecule has 0 aliphatic rings. The van der Waals surface area contributed by atoms with Gasteiger partial charge in [-0.15, -0.1) is 10.2 Å². The number of methoxy groups -OCH3 is 1. The van der Waals surface area contributed by atoms with Gasteiger partial charge < -0.3 is 15.4 Å². The predicted octanol–water partition coefficient (Wildman–Crippen LogP) is 5.70. The molecule has 33 heavy (non-hydrogen) atoms. The molecule has 0 fully saturated rings. The smallest absolute Gasteiger partial charge is 0.319 e. The van der Waals surface area contributed by atoms with Crippen molar-refractivity contribution in [3.63, 3.8) is 0 Å². The highest BCUT2D eigenvalue weighted by Gasteiger charge is 2.27. The van der Waals surface area contributed by atoms with E-state index >= 15 is 0 Å². The third-order valence-electron chi connectivity index (χ3n) is 4.93. The van der Waals surface area contributed by atoms with Crippen LogP contribution < -0.4 is 20.7 Å². The Hall–Kier alpha value is -2.88. The lowest BCUT2D eigenvalue weighted by atomic mass is 9.98. The SMILES string of the molecule is CC[C@@H](C)[C@@H](NC(=O)Nc1ccc(Cl)c(Cl)c1)C(=O)Nc1nnc(-c2cccc(OC)c2)s1. The van der Waals surface area contributed by atoms with Crippen molar-refractivity contribution >= 4 is 57.3 Å². The average molecular weight is 508 g/mol. The quantitative estimate of drug-likeness (QED) is 0.362. The second kappa shape index (κ2) is 11.3. The third kappa shape index (κ3) is 6.56. The van der Waals surface area contributed by atoms with Crippen LogP contribution in [0.3, 0.4) is 0 Å². The molecule has 2 atom stereocenters. The molecule has 0 saturated heterocycles. The lowest BCUT2D eigenvalue weighted by Gasteiger charge is -2.23. The van der Waals surface area contributed by atoms with Crippen molar-refractivity contribution < 1.29 is 14.3 Å². The number of hydrogen-bond donors (Lipinski definition) is 3. The molecule has 0 bridgehead atoms. The molecular weight excluding hydrogens is 485 g/mol. The fraction of sp³-hybridized carbons (Fsp3) is 0.273. The van der Waals surface area contributed by atoms with Crippen LogP contribution in [-0.2, 0) is 4.79 Å². The van der Waals surface area contributed by atoms with Crippen LogP contribution in [0.4, 0.5) is 15.6 Å². The van der Waals surface area contributed by atoms with E-state index in [9.17, 15) is 9.59 Å². The number of urea groups is 1. The fourth-order valence-corrected chi connectivity index (χ4v) is 3.95. The van der Waals surface area contributed by atoms with E-state index in [2.05, 4.69) is 26.1 Å². The summed E-state index contributed by atoms with van der Waals surface area (Å²) in [4.78, 5) is 25.5. The lowest BCUT2D eigenvalue weighted by molar-refractivity contribution is -0.119. The number of rotatable bonds is 8. The first-order valence-corrected chi connectivity index (χ1v) is 11.7. The van der Waals surface area contributed by atoms with Gasteiger partial charge in [0.2, 0.25) is 11.0 Å². The normalized spacial score (nSPS) is 12.5. The largest absolute Gasteiger partial charge is 0.497 e. The third-order valence-corrected chi connectivity index (χ3v) is 6.56. The average Bonchev–Trinajstić information content (AvgIpc) is 3.27. The van der Waals surface area contributed by atoms with E-state index in [0.717, 1.165) is 5.56 Å². The van der Waals surface area contributed by atoms with Crippen LogP contribution in [-0.4, -0.2) is 35.3 Å². The first kappa shape index (κ1) is 24.8. The molecule has 0 radical (unpaired) electrons. The van der Waals surface area contributed by atoms with Gasteiger partial charge in [-0.2, -0.15) is 0 Å². The summed E-state index contributed by atoms with van der Waals surface area (Å²) in [6.45, 7) is 3.82. The maximum absolute atomic E-state index is 13.0. The summed E-state index contributed by atoms with van der Waals surface area (Å²) in [5.41, 5.74) is 1.28. The minimum atomic E-state index is -0.790. The summed E-state index contributed by atoms with van der Waals surface area (Å²) in [6.07, 6.45) is 0.677. The number of benzene rings is 2. The second-order valence-electron chi connectivity index (χ2n) is 7.22. The summed E-state index contributed by atoms with van der Waals surface area (Å²) in [5.74, 6) is 0.180. The summed E-state index contributed by atoms with van der Waals surface area (Å²) >= 11 is 13.1. The molecule has 1 heterocycles. The van der Waals surface area contributed by atoms with Gasteiger partial charge in [0, 0.05) is 11.3 Å². The lowest BCUT2D eigenvalue weighted by Crippen LogP contribution is -2.49. The Morgan fingerprint density at radius 3 is 2.58 bits per heavy atom. The fourth-order valence-electron chi connectivity index (χ4n) is 2.91. The Balaban J connectivity index is 1.68. The molecule has 0 aliphatic carbocycles. The predicted molar refractivity (Wildman–Crippen MR) is 132 cm³/mol. The summed E-state index contributed by atoms with van der Waals surface area (Å²) in [5, 5.41) is 18.0. The molecule has 3 N–H and O–H groups in total. The highest BCUT2D eigenvalue weighted by atomic mass is 35.5. The first-order chi connectivity index (χ1) is 15.8. The van der Waals surface area contributed by atoms with Crippen molar-refractivity contribution in [1.82, 2.24) is 15.5 Å². The van der Waals surface area contributed by atoms with Gasteiger partial charge in [-0.25, -0.2) is 4.79 Å². The van der Waals surface area contributed by atoms with Crippen LogP contribution in [0.2, 0.25) is 10.0 Å². The molecule has 0 spiro atoms. The number of aromatic nitrogens is 2. The number of nitrogens with zero attached hydrogens (tertiary/aromatic N) is 2. The Morgan fingerprint density at radius 2 is 1.88 bits per heavy atom. The van der Waals surface area contributed by atoms with Crippen molar-refractivity contribution in [2.75, 3.05) is 17.7 Å². The van der Waals surface area contributed by atoms with Crippen LogP contribution in [0.5, 0.6) is 5.75 Å². The molecule has 3 rings (SSSR count). The Morgan fingerprint density at radius 1 is 1.09 bits per heavy atom. The van der Waals surface area contributed by atoms with Crippen molar-refractivity contribution in [2.24, 2.45) is 5.92 Å². The van der Waals surface area contributed by atoms with E-state index in [1.54, 1.807) is 19.2 Å². The van der Waals surface area contributed by atoms with Gasteiger partial charge in [0.15, 0.2) is 0 Å². The van der Waals surface area contributed by atoms with Gasteiger partial charge in [0.05, 0.1) is 17.2 Å². The number of carbonyl (C=O) groups is 2. The first-order valence-electron chi connectivity index (χ1n) is 10.1. The molecule has 1 aromatic heterocycles. The number of hydrogen-bond acceptors (Lipinski definition) is 6. The summed E-state index contributed by atoms with van der Waals surface area (Å²) < 4.78 is 5.24. The summed E-state index contributed by atoms with van der Waals surface area (Å²) in [6, 6.07) is 10.8. The van der Waals surface area contributed by atoms with Crippen molar-refractivity contribution in [3.05, 3.63) is 52.5 Å². The van der Waals surface area contributed by atoms with Gasteiger partial charge >= 0.3 is 6.03 Å². The Bertz CT molecular complexity index is 1140. The van der Waals surface area contributed by atoms with Crippen molar-refractivity contribution in [3.8, 4) is 16.3 Å². The summed E-state index contributed by atoms with van der Waals surface area (Å²) in [7, 11) is 1.59. The van der Waals surface area contributed by atoms with Crippen LogP contribution in [0.1, 0.15) is 20.3 Å². The van der Waals surface area contributed by atoms with Gasteiger partial charge in [0.25, 0.3) is 0 Å². The van der Waals surface area contributed by atoms with Gasteiger partial charge in [-0.05, 0) is 36.2 Å². The number of carbonyl (C=O) groups excluding carboxylic acids is 2. The zero-order valence-corrected chi connectivity index (χ0v) is 20.5. The maximum atomic E-state index is 13.0. The highest BCUT2D eigenvalue weighted by Crippen LogP contribution is 2.29. The molecule has 0 aliphatic heterocycles. The van der Waals surface area contributed by atoms with Crippen molar-refractivity contribution in [1.29, 1.82) is 0 Å². The van der Waals surface area contributed by atoms with Crippen LogP contribution >= 0.6 is 34.5 Å². The van der Waals surface area contributed by atoms with Gasteiger partial charge in [-0.3, -0.25) is 10.1 Å². The topological polar surface area (TPSA) is 105 Å². The molecule has 3 amide bonds. The van der Waals surface area contributed by atoms with E-state index in [1.807, 2.05) is 38.1 Å². The minimum absolute atomic E-state index is 0.129. The number of amides is 3. The van der Waals surface area contributed by atoms with E-state index in [0.29, 0.717) is 38.0 Å². The molecule has 2 aromatic carbocycles. The number of anilines is 2. The Labute approximate surface area is 205 Å². The number of nitrogens with one attached hydrogen (secondary N) is 3. The minimum Gasteiger partial charge on any atom is -0.497 e. The standard InChI is InChI=1S/C22H23Cl2N5O3S/c1-4-12(2)18(26-21(31)25-14-8-9-16(23)17(24)11-14)19(30)27-22-29-28-20(33-22)13-6-5-7-15(10-13)32-3/h5-12,18H,4H2,1-3H3,(H2,25,26,31)(H,27,29,30)/t12-,18-/m1/s1. The van der Waals surface area contributed by atoms with Crippen molar-refractivity contribution in [2.45, 2.75) is 26.3 Å². The van der Waals surface area contributed by atoms with E-state index < -0.39 is 12.1 Å². The van der Waals surface area contributed by atoms with Crippen LogP contribution in [0, 0.1) is 5.92 Å². The number of ether oxygens (including phenoxy) is 1. The van der Waals surface area contributed by atoms with Crippen LogP contribution in [0.25, 0.3) is 10.6 Å². The van der Waals surface area contributed by atoms with Gasteiger partial charge in [0.1, 0.15) is 16.8 Å². The van der Waals surface area contributed by atoms with E-state index in [1.165, 1.54) is 17.4 Å². The molecular formula is C22H23Cl2N5O3S. The molecule has 0 saturated carbocycles. The maximum Gasteiger partial charge on any atom is 0.319 e. The Kier molecular flexibility index (Phi) is 8.49. The van der Waals surface area contributed by atoms with Gasteiger partial charge in [-0.1, -0.05) is 66.9 Å². The molecule has 174 valence electrons. The van der Waals surface area contributed by atoms with Crippen LogP contribution in [0.15, 0.2) is 42.5 Å². The molecule has 8 nitrogen and oxygen atoms in total. The monoisotopic (exact) mass is 507 g/mol. The highest BCUT2D eigenvalue weighted by molar-refractivity contribution is 7.18. The van der Waals surface area contributed by atoms with E-state index in [4.69, 9.17) is 27.9 Å².